The SMILES string of the molecule is CC(C)c1cccc(C(C)C)c1-c1cnc2c3[c-]c(Oc4[c-]c5c(cc4)c4ccccc4n5-c4ccccn4)ccc3c3ncccc3n12.CC(C)c1cccc(C(C)C)c1-c1cnc2c3cc(Oc4ccc5c6ccccc6n(-c6ccccn6)c5c4)ccc3c3ncccc3n12.[Cl][Pt]([Cl])([Cl])[Cl].[K][K].[Pt+2]. The van der Waals surface area contributed by atoms with Crippen molar-refractivity contribution in [2.24, 2.45) is 0 Å². The molecule has 0 saturated heterocycles. The first-order chi connectivity index (χ1) is 50.9. The molecule has 0 spiro atoms. The Bertz CT molecular complexity index is 5890. The van der Waals surface area contributed by atoms with E-state index in [-0.39, 0.29) is 21.1 Å². The van der Waals surface area contributed by atoms with Crippen LogP contribution in [0.4, 0.5) is 0 Å². The molecule has 0 aliphatic heterocycles. The van der Waals surface area contributed by atoms with E-state index in [1.165, 1.54) is 102 Å². The summed E-state index contributed by atoms with van der Waals surface area (Å²) in [7, 11) is 20.0. The number of hydrogen-bond donors (Lipinski definition) is 0. The minimum atomic E-state index is -3.06. The standard InChI is InChI=1S/C43H35N5O.C43H33N5O.4ClH.2K.2Pt/c2*1-26(2)30-12-9-13-31(27(3)4)41(30)39-25-46-43-35-23-28(18-20-34(35)42-37(48(39)43)15-10-22-45-42)49-29-17-19-33-32-11-5-6-14-36(32)47(38(33)24-29)40-16-7-8-21-44-40;;;;;;;;/h5-27H,1-4H3;5-22,25-27H,1-4H3;4*1H;;;;/q;-2;;;;;;;+2;+4/p-4. The number of para-hydroxylation sites is 2. The molecule has 20 heteroatoms. The maximum absolute atomic E-state index is 6.64. The van der Waals surface area contributed by atoms with Crippen LogP contribution in [0.2, 0.25) is 0 Å². The summed E-state index contributed by atoms with van der Waals surface area (Å²) >= 11 is -0.556. The number of rotatable bonds is 12. The van der Waals surface area contributed by atoms with Crippen molar-refractivity contribution in [3.05, 3.63) is 278 Å². The summed E-state index contributed by atoms with van der Waals surface area (Å²) < 4.78 is 22.1. The first kappa shape index (κ1) is 76.6. The molecule has 0 amide bonds. The predicted octanol–water partition coefficient (Wildman–Crippen LogP) is 24.1. The smallest absolute Gasteiger partial charge is 2.00 e. The summed E-state index contributed by atoms with van der Waals surface area (Å²) in [5.41, 5.74) is 19.6. The Morgan fingerprint density at radius 1 is 0.368 bits per heavy atom. The number of halogens is 4. The van der Waals surface area contributed by atoms with Gasteiger partial charge in [0.05, 0.1) is 56.3 Å². The number of ether oxygens (including phenoxy) is 2. The van der Waals surface area contributed by atoms with Gasteiger partial charge in [0, 0.05) is 86.7 Å². The van der Waals surface area contributed by atoms with Gasteiger partial charge in [-0.2, -0.15) is 6.07 Å². The molecule has 0 saturated carbocycles. The van der Waals surface area contributed by atoms with Gasteiger partial charge < -0.3 is 18.4 Å². The van der Waals surface area contributed by atoms with Crippen LogP contribution in [0.3, 0.4) is 0 Å². The number of fused-ring (bicyclic) bond motifs is 18. The minimum absolute atomic E-state index is 0. The van der Waals surface area contributed by atoms with Crippen molar-refractivity contribution in [2.45, 2.75) is 79.1 Å². The third-order valence-corrected chi connectivity index (χ3v) is 19.1. The van der Waals surface area contributed by atoms with Gasteiger partial charge in [0.2, 0.25) is 0 Å². The van der Waals surface area contributed by atoms with Crippen LogP contribution < -0.4 is 9.47 Å². The van der Waals surface area contributed by atoms with E-state index in [1.54, 1.807) is 0 Å². The number of pyridine rings is 6. The summed E-state index contributed by atoms with van der Waals surface area (Å²) in [6.07, 6.45) is 11.4. The Morgan fingerprint density at radius 2 is 0.792 bits per heavy atom. The van der Waals surface area contributed by atoms with Gasteiger partial charge in [-0.05, 0) is 142 Å². The molecule has 0 fully saturated rings. The normalized spacial score (nSPS) is 11.9. The quantitative estimate of drug-likeness (QED) is 0.0675. The summed E-state index contributed by atoms with van der Waals surface area (Å²) in [5.74, 6) is 5.77. The van der Waals surface area contributed by atoms with E-state index in [4.69, 9.17) is 67.1 Å². The van der Waals surface area contributed by atoms with Gasteiger partial charge in [-0.1, -0.05) is 169 Å². The summed E-state index contributed by atoms with van der Waals surface area (Å²) in [6, 6.07) is 78.1. The third-order valence-electron chi connectivity index (χ3n) is 19.1. The summed E-state index contributed by atoms with van der Waals surface area (Å²) in [4.78, 5) is 29.3. The van der Waals surface area contributed by atoms with Gasteiger partial charge >= 0.3 is 134 Å². The van der Waals surface area contributed by atoms with Crippen molar-refractivity contribution in [1.82, 2.24) is 47.8 Å². The van der Waals surface area contributed by atoms with Crippen LogP contribution in [-0.2, 0) is 33.0 Å². The van der Waals surface area contributed by atoms with Gasteiger partial charge in [-0.15, -0.1) is 23.6 Å². The molecule has 0 aliphatic rings. The van der Waals surface area contributed by atoms with E-state index in [0.717, 1.165) is 128 Å². The van der Waals surface area contributed by atoms with E-state index < -0.39 is 11.9 Å². The van der Waals surface area contributed by atoms with E-state index in [1.807, 2.05) is 116 Å². The van der Waals surface area contributed by atoms with E-state index in [0.29, 0.717) is 35.2 Å². The van der Waals surface area contributed by atoms with Gasteiger partial charge in [-0.3, -0.25) is 23.9 Å². The minimum Gasteiger partial charge on any atom is 2.00 e. The summed E-state index contributed by atoms with van der Waals surface area (Å²) in [5, 5.41) is 8.42. The number of hydrogen-bond acceptors (Lipinski definition) is 8. The van der Waals surface area contributed by atoms with Crippen LogP contribution in [0.15, 0.2) is 243 Å². The predicted molar refractivity (Wildman–Crippen MR) is 433 cm³/mol. The molecule has 18 aromatic rings. The van der Waals surface area contributed by atoms with Crippen molar-refractivity contribution < 1.29 is 42.4 Å². The number of imidazole rings is 2. The van der Waals surface area contributed by atoms with Crippen molar-refractivity contribution in [3.63, 3.8) is 0 Å². The topological polar surface area (TPSA) is 114 Å². The van der Waals surface area contributed by atoms with Crippen LogP contribution in [0, 0.1) is 12.1 Å². The fraction of sp³-hybridized carbons (Fsp3) is 0.140. The largest absolute Gasteiger partial charge is 2.00 e. The van der Waals surface area contributed by atoms with Crippen LogP contribution in [0.1, 0.15) is 101 Å². The Labute approximate surface area is 693 Å². The van der Waals surface area contributed by atoms with Crippen LogP contribution >= 0.6 is 37.7 Å². The van der Waals surface area contributed by atoms with Crippen LogP contribution in [0.5, 0.6) is 23.0 Å². The molecular weight excluding hydrogens is 1820 g/mol. The average molecular weight is 1880 g/mol. The third kappa shape index (κ3) is 14.9. The fourth-order valence-corrected chi connectivity index (χ4v) is 14.7. The van der Waals surface area contributed by atoms with Crippen LogP contribution in [0.25, 0.3) is 133 Å². The maximum atomic E-state index is 6.64. The first-order valence-corrected chi connectivity index (χ1v) is 62.4. The molecule has 0 aliphatic carbocycles. The monoisotopic (exact) mass is 1880 g/mol. The average Bonchev–Trinajstić information content (AvgIpc) is 1.10. The Hall–Kier alpha value is -6.21. The van der Waals surface area contributed by atoms with Crippen molar-refractivity contribution in [1.29, 1.82) is 0 Å². The molecule has 0 atom stereocenters. The molecule has 0 bridgehead atoms. The molecule has 524 valence electrons. The molecule has 12 nitrogen and oxygen atoms in total. The summed E-state index contributed by atoms with van der Waals surface area (Å²) in [6.45, 7) is 18.1. The van der Waals surface area contributed by atoms with Gasteiger partial charge in [0.25, 0.3) is 0 Å². The van der Waals surface area contributed by atoms with Gasteiger partial charge in [-0.25, -0.2) is 15.0 Å². The molecule has 10 heterocycles. The second-order valence-corrected chi connectivity index (χ2v) is 46.4. The fourth-order valence-electron chi connectivity index (χ4n) is 14.7. The second-order valence-electron chi connectivity index (χ2n) is 26.7. The zero-order chi connectivity index (χ0) is 72.9. The van der Waals surface area contributed by atoms with Crippen molar-refractivity contribution in [3.8, 4) is 57.1 Å². The Morgan fingerprint density at radius 3 is 1.34 bits per heavy atom. The van der Waals surface area contributed by atoms with E-state index in [2.05, 4.69) is 223 Å². The zero-order valence-electron chi connectivity index (χ0n) is 59.8. The van der Waals surface area contributed by atoms with Crippen molar-refractivity contribution >= 4 is 199 Å². The Balaban J connectivity index is 0.000000163. The van der Waals surface area contributed by atoms with E-state index in [9.17, 15) is 0 Å². The molecule has 18 rings (SSSR count). The molecule has 8 aromatic carbocycles. The molecule has 106 heavy (non-hydrogen) atoms. The van der Waals surface area contributed by atoms with Crippen molar-refractivity contribution in [2.75, 3.05) is 0 Å². The molecule has 0 N–H and O–H groups in total. The molecule has 10 aromatic heterocycles. The number of nitrogens with zero attached hydrogens (tertiary/aromatic N) is 10. The molecule has 0 radical (unpaired) electrons. The molecular formula is C86H68Cl4K2N10O2Pt2. The zero-order valence-corrected chi connectivity index (χ0v) is 73.7. The number of aromatic nitrogens is 10. The van der Waals surface area contributed by atoms with Crippen LogP contribution in [-0.4, -0.2) is 111 Å². The second kappa shape index (κ2) is 32.8. The van der Waals surface area contributed by atoms with Gasteiger partial charge in [0.1, 0.15) is 28.8 Å². The molecule has 0 unspecified atom stereocenters. The number of benzene rings is 8. The maximum Gasteiger partial charge on any atom is 2.00 e. The van der Waals surface area contributed by atoms with E-state index >= 15 is 0 Å². The Kier molecular flexibility index (Phi) is 23.7. The first-order valence-electron chi connectivity index (χ1n) is 35.1. The van der Waals surface area contributed by atoms with Gasteiger partial charge in [0.15, 0.2) is 0 Å².